The monoisotopic (exact) mass is 396 g/mol. The van der Waals surface area contributed by atoms with Crippen LogP contribution in [-0.2, 0) is 15.8 Å². The molecule has 0 aliphatic rings. The van der Waals surface area contributed by atoms with E-state index in [2.05, 4.69) is 10.6 Å². The Labute approximate surface area is 159 Å². The van der Waals surface area contributed by atoms with Crippen LogP contribution < -0.4 is 10.6 Å². The lowest BCUT2D eigenvalue weighted by Crippen LogP contribution is -2.15. The summed E-state index contributed by atoms with van der Waals surface area (Å²) in [5.74, 6) is -0.407. The van der Waals surface area contributed by atoms with E-state index in [1.165, 1.54) is 23.9 Å². The number of hydrogen-bond acceptors (Lipinski definition) is 3. The van der Waals surface area contributed by atoms with Crippen molar-refractivity contribution in [2.75, 3.05) is 16.4 Å². The molecule has 8 heteroatoms. The molecule has 0 saturated carbocycles. The zero-order valence-electron chi connectivity index (χ0n) is 14.6. The number of rotatable bonds is 7. The molecule has 27 heavy (non-hydrogen) atoms. The maximum Gasteiger partial charge on any atom is 0.416 e. The molecule has 0 aliphatic carbocycles. The summed E-state index contributed by atoms with van der Waals surface area (Å²) in [6.07, 6.45) is -3.24. The lowest BCUT2D eigenvalue weighted by atomic mass is 10.2. The minimum absolute atomic E-state index is 0.0534. The Morgan fingerprint density at radius 2 is 1.63 bits per heavy atom. The van der Waals surface area contributed by atoms with E-state index >= 15 is 0 Å². The van der Waals surface area contributed by atoms with Gasteiger partial charge >= 0.3 is 6.18 Å². The van der Waals surface area contributed by atoms with Gasteiger partial charge in [0, 0.05) is 22.7 Å². The van der Waals surface area contributed by atoms with E-state index in [0.29, 0.717) is 12.1 Å². The Bertz CT molecular complexity index is 792. The summed E-state index contributed by atoms with van der Waals surface area (Å²) in [6.45, 7) is 1.92. The molecule has 0 heterocycles. The summed E-state index contributed by atoms with van der Waals surface area (Å²) < 4.78 is 38.1. The second-order valence-electron chi connectivity index (χ2n) is 5.74. The standard InChI is InChI=1S/C19H19F3N2O2S/c1-2-4-17(25)23-14-7-9-16(10-8-14)27-12-18(26)24-15-6-3-5-13(11-15)19(20,21)22/h3,5-11H,2,4,12H2,1H3,(H,23,25)(H,24,26). The second kappa shape index (κ2) is 9.45. The van der Waals surface area contributed by atoms with Crippen molar-refractivity contribution in [3.8, 4) is 0 Å². The molecule has 0 aliphatic heterocycles. The fraction of sp³-hybridized carbons (Fsp3) is 0.263. The highest BCUT2D eigenvalue weighted by atomic mass is 32.2. The molecule has 2 rings (SSSR count). The first-order valence-corrected chi connectivity index (χ1v) is 9.26. The van der Waals surface area contributed by atoms with Gasteiger partial charge < -0.3 is 10.6 Å². The average molecular weight is 396 g/mol. The zero-order chi connectivity index (χ0) is 19.9. The van der Waals surface area contributed by atoms with Crippen molar-refractivity contribution < 1.29 is 22.8 Å². The zero-order valence-corrected chi connectivity index (χ0v) is 15.4. The van der Waals surface area contributed by atoms with Gasteiger partial charge in [-0.2, -0.15) is 13.2 Å². The van der Waals surface area contributed by atoms with Crippen LogP contribution in [0.3, 0.4) is 0 Å². The Hall–Kier alpha value is -2.48. The molecule has 144 valence electrons. The van der Waals surface area contributed by atoms with Crippen molar-refractivity contribution >= 4 is 35.0 Å². The van der Waals surface area contributed by atoms with E-state index in [4.69, 9.17) is 0 Å². The SMILES string of the molecule is CCCC(=O)Nc1ccc(SCC(=O)Nc2cccc(C(F)(F)F)c2)cc1. The predicted molar refractivity (Wildman–Crippen MR) is 101 cm³/mol. The Morgan fingerprint density at radius 3 is 2.26 bits per heavy atom. The number of alkyl halides is 3. The summed E-state index contributed by atoms with van der Waals surface area (Å²) in [4.78, 5) is 24.3. The minimum Gasteiger partial charge on any atom is -0.326 e. The Morgan fingerprint density at radius 1 is 0.963 bits per heavy atom. The molecule has 0 spiro atoms. The topological polar surface area (TPSA) is 58.2 Å². The molecule has 0 atom stereocenters. The van der Waals surface area contributed by atoms with Gasteiger partial charge in [0.25, 0.3) is 0 Å². The van der Waals surface area contributed by atoms with E-state index in [1.807, 2.05) is 6.92 Å². The number of thioether (sulfide) groups is 1. The van der Waals surface area contributed by atoms with Crippen LogP contribution in [0, 0.1) is 0 Å². The summed E-state index contributed by atoms with van der Waals surface area (Å²) in [7, 11) is 0. The molecule has 2 aromatic carbocycles. The number of anilines is 2. The van der Waals surface area contributed by atoms with Crippen LogP contribution in [0.1, 0.15) is 25.3 Å². The molecule has 2 N–H and O–H groups in total. The Balaban J connectivity index is 1.86. The van der Waals surface area contributed by atoms with Gasteiger partial charge in [-0.3, -0.25) is 9.59 Å². The van der Waals surface area contributed by atoms with Gasteiger partial charge in [-0.15, -0.1) is 11.8 Å². The largest absolute Gasteiger partial charge is 0.416 e. The summed E-state index contributed by atoms with van der Waals surface area (Å²) in [6, 6.07) is 11.5. The molecule has 0 radical (unpaired) electrons. The fourth-order valence-corrected chi connectivity index (χ4v) is 2.90. The first-order valence-electron chi connectivity index (χ1n) is 8.27. The lowest BCUT2D eigenvalue weighted by Gasteiger charge is -2.10. The van der Waals surface area contributed by atoms with Crippen molar-refractivity contribution in [2.24, 2.45) is 0 Å². The van der Waals surface area contributed by atoms with Crippen molar-refractivity contribution in [2.45, 2.75) is 30.8 Å². The summed E-state index contributed by atoms with van der Waals surface area (Å²) >= 11 is 1.25. The third-order valence-corrected chi connectivity index (χ3v) is 4.47. The summed E-state index contributed by atoms with van der Waals surface area (Å²) in [5, 5.41) is 5.23. The maximum absolute atomic E-state index is 12.7. The van der Waals surface area contributed by atoms with Crippen LogP contribution >= 0.6 is 11.8 Å². The van der Waals surface area contributed by atoms with E-state index < -0.39 is 17.6 Å². The number of benzene rings is 2. The van der Waals surface area contributed by atoms with E-state index in [-0.39, 0.29) is 17.3 Å². The molecule has 0 bridgehead atoms. The fourth-order valence-electron chi connectivity index (χ4n) is 2.20. The van der Waals surface area contributed by atoms with E-state index in [1.54, 1.807) is 24.3 Å². The Kier molecular flexibility index (Phi) is 7.29. The highest BCUT2D eigenvalue weighted by Gasteiger charge is 2.30. The number of amides is 2. The van der Waals surface area contributed by atoms with Gasteiger partial charge in [0.05, 0.1) is 11.3 Å². The number of carbonyl (C=O) groups excluding carboxylic acids is 2. The van der Waals surface area contributed by atoms with Gasteiger partial charge in [0.1, 0.15) is 0 Å². The molecular weight excluding hydrogens is 377 g/mol. The summed E-state index contributed by atoms with van der Waals surface area (Å²) in [5.41, 5.74) is -0.0377. The van der Waals surface area contributed by atoms with Gasteiger partial charge in [-0.05, 0) is 48.9 Å². The van der Waals surface area contributed by atoms with Gasteiger partial charge in [-0.1, -0.05) is 13.0 Å². The molecule has 0 fully saturated rings. The average Bonchev–Trinajstić information content (AvgIpc) is 2.61. The number of halogens is 3. The van der Waals surface area contributed by atoms with Crippen molar-refractivity contribution in [1.29, 1.82) is 0 Å². The molecule has 4 nitrogen and oxygen atoms in total. The maximum atomic E-state index is 12.7. The predicted octanol–water partition coefficient (Wildman–Crippen LogP) is 5.17. The van der Waals surface area contributed by atoms with Crippen LogP contribution in [0.5, 0.6) is 0 Å². The third-order valence-electron chi connectivity index (χ3n) is 3.46. The normalized spacial score (nSPS) is 11.1. The van der Waals surface area contributed by atoms with E-state index in [0.717, 1.165) is 23.4 Å². The second-order valence-corrected chi connectivity index (χ2v) is 6.79. The van der Waals surface area contributed by atoms with Crippen LogP contribution in [0.2, 0.25) is 0 Å². The number of nitrogens with one attached hydrogen (secondary N) is 2. The molecule has 0 saturated heterocycles. The van der Waals surface area contributed by atoms with Gasteiger partial charge in [0.15, 0.2) is 0 Å². The number of hydrogen-bond donors (Lipinski definition) is 2. The minimum atomic E-state index is -4.45. The van der Waals surface area contributed by atoms with Crippen LogP contribution in [-0.4, -0.2) is 17.6 Å². The molecule has 2 aromatic rings. The van der Waals surface area contributed by atoms with Crippen molar-refractivity contribution in [1.82, 2.24) is 0 Å². The van der Waals surface area contributed by atoms with E-state index in [9.17, 15) is 22.8 Å². The third kappa shape index (κ3) is 6.97. The molecule has 0 aromatic heterocycles. The van der Waals surface area contributed by atoms with Crippen LogP contribution in [0.15, 0.2) is 53.4 Å². The quantitative estimate of drug-likeness (QED) is 0.635. The lowest BCUT2D eigenvalue weighted by molar-refractivity contribution is -0.137. The smallest absolute Gasteiger partial charge is 0.326 e. The first-order chi connectivity index (χ1) is 12.8. The van der Waals surface area contributed by atoms with Gasteiger partial charge in [0.2, 0.25) is 11.8 Å². The first kappa shape index (κ1) is 20.8. The van der Waals surface area contributed by atoms with Gasteiger partial charge in [-0.25, -0.2) is 0 Å². The van der Waals surface area contributed by atoms with Crippen LogP contribution in [0.4, 0.5) is 24.5 Å². The molecule has 0 unspecified atom stereocenters. The van der Waals surface area contributed by atoms with Crippen molar-refractivity contribution in [3.63, 3.8) is 0 Å². The van der Waals surface area contributed by atoms with Crippen LogP contribution in [0.25, 0.3) is 0 Å². The van der Waals surface area contributed by atoms with Crippen molar-refractivity contribution in [3.05, 3.63) is 54.1 Å². The number of carbonyl (C=O) groups is 2. The highest BCUT2D eigenvalue weighted by Crippen LogP contribution is 2.30. The molecular formula is C19H19F3N2O2S. The molecule has 2 amide bonds. The highest BCUT2D eigenvalue weighted by molar-refractivity contribution is 8.00.